The number of rotatable bonds is 17. The SMILES string of the molecule is CC(C)=CCCC(C)CCCC(C)C=O.CCCCCCCC/C=C/CC=O. The summed E-state index contributed by atoms with van der Waals surface area (Å²) in [4.78, 5) is 20.4. The fraction of sp³-hybridized carbons (Fsp3) is 0.769. The first-order chi connectivity index (χ1) is 13.5. The molecule has 0 aromatic carbocycles. The second-order valence-corrected chi connectivity index (χ2v) is 8.44. The van der Waals surface area contributed by atoms with Gasteiger partial charge in [0.25, 0.3) is 0 Å². The lowest BCUT2D eigenvalue weighted by molar-refractivity contribution is -0.111. The van der Waals surface area contributed by atoms with Crippen molar-refractivity contribution in [1.29, 1.82) is 0 Å². The number of hydrogen-bond acceptors (Lipinski definition) is 2. The van der Waals surface area contributed by atoms with Crippen molar-refractivity contribution in [1.82, 2.24) is 0 Å². The van der Waals surface area contributed by atoms with Gasteiger partial charge in [0.15, 0.2) is 0 Å². The van der Waals surface area contributed by atoms with E-state index in [1.807, 2.05) is 13.0 Å². The lowest BCUT2D eigenvalue weighted by Gasteiger charge is -2.10. The molecule has 0 bridgehead atoms. The molecule has 28 heavy (non-hydrogen) atoms. The van der Waals surface area contributed by atoms with Crippen molar-refractivity contribution in [2.24, 2.45) is 11.8 Å². The molecule has 2 heteroatoms. The van der Waals surface area contributed by atoms with Gasteiger partial charge < -0.3 is 9.59 Å². The number of carbonyl (C=O) groups excluding carboxylic acids is 2. The van der Waals surface area contributed by atoms with Crippen molar-refractivity contribution >= 4 is 12.6 Å². The molecule has 2 atom stereocenters. The van der Waals surface area contributed by atoms with Crippen LogP contribution >= 0.6 is 0 Å². The molecule has 0 spiro atoms. The van der Waals surface area contributed by atoms with E-state index < -0.39 is 0 Å². The Morgan fingerprint density at radius 3 is 2.07 bits per heavy atom. The highest BCUT2D eigenvalue weighted by atomic mass is 16.1. The molecule has 0 saturated carbocycles. The van der Waals surface area contributed by atoms with Crippen molar-refractivity contribution in [3.05, 3.63) is 23.8 Å². The Hall–Kier alpha value is -1.18. The molecule has 0 heterocycles. The van der Waals surface area contributed by atoms with Crippen LogP contribution in [-0.2, 0) is 9.59 Å². The van der Waals surface area contributed by atoms with Crippen LogP contribution in [0, 0.1) is 11.8 Å². The summed E-state index contributed by atoms with van der Waals surface area (Å²) in [6.07, 6.45) is 24.2. The summed E-state index contributed by atoms with van der Waals surface area (Å²) in [6, 6.07) is 0. The van der Waals surface area contributed by atoms with E-state index in [9.17, 15) is 9.59 Å². The summed E-state index contributed by atoms with van der Waals surface area (Å²) in [5.41, 5.74) is 1.41. The fourth-order valence-electron chi connectivity index (χ4n) is 2.97. The monoisotopic (exact) mass is 392 g/mol. The maximum absolute atomic E-state index is 10.4. The number of unbranched alkanes of at least 4 members (excludes halogenated alkanes) is 6. The van der Waals surface area contributed by atoms with Crippen LogP contribution in [0.15, 0.2) is 23.8 Å². The molecule has 0 N–H and O–H groups in total. The maximum atomic E-state index is 10.4. The summed E-state index contributed by atoms with van der Waals surface area (Å²) in [7, 11) is 0. The Kier molecular flexibility index (Phi) is 24.7. The van der Waals surface area contributed by atoms with Gasteiger partial charge in [0.05, 0.1) is 0 Å². The minimum Gasteiger partial charge on any atom is -0.303 e. The molecule has 0 aliphatic rings. The molecular weight excluding hydrogens is 344 g/mol. The van der Waals surface area contributed by atoms with Crippen LogP contribution in [-0.4, -0.2) is 12.6 Å². The van der Waals surface area contributed by atoms with Gasteiger partial charge in [-0.1, -0.05) is 89.5 Å². The first-order valence-corrected chi connectivity index (χ1v) is 11.6. The van der Waals surface area contributed by atoms with Gasteiger partial charge in [0, 0.05) is 12.3 Å². The smallest absolute Gasteiger partial charge is 0.123 e. The number of carbonyl (C=O) groups is 2. The Balaban J connectivity index is 0. The number of aldehydes is 2. The number of allylic oxidation sites excluding steroid dienone is 4. The molecule has 0 aliphatic heterocycles. The van der Waals surface area contributed by atoms with Gasteiger partial charge >= 0.3 is 0 Å². The van der Waals surface area contributed by atoms with Crippen molar-refractivity contribution in [3.8, 4) is 0 Å². The highest BCUT2D eigenvalue weighted by Crippen LogP contribution is 2.16. The summed E-state index contributed by atoms with van der Waals surface area (Å²) < 4.78 is 0. The van der Waals surface area contributed by atoms with Crippen molar-refractivity contribution in [2.75, 3.05) is 0 Å². The Bertz CT molecular complexity index is 391. The molecule has 0 radical (unpaired) electrons. The predicted molar refractivity (Wildman–Crippen MR) is 125 cm³/mol. The molecule has 2 nitrogen and oxygen atoms in total. The molecule has 0 rings (SSSR count). The van der Waals surface area contributed by atoms with Gasteiger partial charge in [-0.3, -0.25) is 0 Å². The molecule has 0 fully saturated rings. The van der Waals surface area contributed by atoms with Crippen molar-refractivity contribution in [3.63, 3.8) is 0 Å². The highest BCUT2D eigenvalue weighted by Gasteiger charge is 2.03. The summed E-state index contributed by atoms with van der Waals surface area (Å²) >= 11 is 0. The van der Waals surface area contributed by atoms with Crippen molar-refractivity contribution < 1.29 is 9.59 Å². The Morgan fingerprint density at radius 1 is 0.786 bits per heavy atom. The third-order valence-corrected chi connectivity index (χ3v) is 4.92. The van der Waals surface area contributed by atoms with Gasteiger partial charge in [-0.05, 0) is 51.9 Å². The lowest BCUT2D eigenvalue weighted by atomic mass is 9.95. The van der Waals surface area contributed by atoms with E-state index in [1.165, 1.54) is 69.8 Å². The second-order valence-electron chi connectivity index (χ2n) is 8.44. The molecule has 0 aromatic heterocycles. The van der Waals surface area contributed by atoms with Crippen LogP contribution < -0.4 is 0 Å². The van der Waals surface area contributed by atoms with Crippen LogP contribution in [0.25, 0.3) is 0 Å². The molecule has 0 aromatic rings. The van der Waals surface area contributed by atoms with Gasteiger partial charge in [-0.25, -0.2) is 0 Å². The van der Waals surface area contributed by atoms with Gasteiger partial charge in [0.1, 0.15) is 12.6 Å². The van der Waals surface area contributed by atoms with Gasteiger partial charge in [0.2, 0.25) is 0 Å². The number of hydrogen-bond donors (Lipinski definition) is 0. The van der Waals surface area contributed by atoms with Crippen LogP contribution in [0.5, 0.6) is 0 Å². The summed E-state index contributed by atoms with van der Waals surface area (Å²) in [6.45, 7) is 10.8. The zero-order valence-corrected chi connectivity index (χ0v) is 19.6. The fourth-order valence-corrected chi connectivity index (χ4v) is 2.97. The third kappa shape index (κ3) is 27.0. The molecule has 2 unspecified atom stereocenters. The highest BCUT2D eigenvalue weighted by molar-refractivity contribution is 5.52. The summed E-state index contributed by atoms with van der Waals surface area (Å²) in [5.74, 6) is 1.04. The van der Waals surface area contributed by atoms with E-state index in [0.29, 0.717) is 6.42 Å². The largest absolute Gasteiger partial charge is 0.303 e. The van der Waals surface area contributed by atoms with Crippen LogP contribution in [0.1, 0.15) is 118 Å². The molecule has 0 amide bonds. The zero-order valence-electron chi connectivity index (χ0n) is 19.6. The van der Waals surface area contributed by atoms with Crippen LogP contribution in [0.3, 0.4) is 0 Å². The lowest BCUT2D eigenvalue weighted by Crippen LogP contribution is -1.99. The second kappa shape index (κ2) is 23.9. The first-order valence-electron chi connectivity index (χ1n) is 11.6. The van der Waals surface area contributed by atoms with Gasteiger partial charge in [-0.2, -0.15) is 0 Å². The van der Waals surface area contributed by atoms with E-state index in [-0.39, 0.29) is 5.92 Å². The minimum absolute atomic E-state index is 0.245. The van der Waals surface area contributed by atoms with E-state index in [4.69, 9.17) is 0 Å². The van der Waals surface area contributed by atoms with Crippen LogP contribution in [0.4, 0.5) is 0 Å². The molecule has 0 aliphatic carbocycles. The molecular formula is C26H48O2. The van der Waals surface area contributed by atoms with E-state index in [2.05, 4.69) is 39.8 Å². The quantitative estimate of drug-likeness (QED) is 0.142. The van der Waals surface area contributed by atoms with Crippen LogP contribution in [0.2, 0.25) is 0 Å². The maximum Gasteiger partial charge on any atom is 0.123 e. The normalized spacial score (nSPS) is 12.8. The van der Waals surface area contributed by atoms with E-state index >= 15 is 0 Å². The van der Waals surface area contributed by atoms with E-state index in [1.54, 1.807) is 0 Å². The molecule has 164 valence electrons. The predicted octanol–water partition coefficient (Wildman–Crippen LogP) is 8.26. The van der Waals surface area contributed by atoms with Gasteiger partial charge in [-0.15, -0.1) is 0 Å². The minimum atomic E-state index is 0.245. The average molecular weight is 393 g/mol. The standard InChI is InChI=1S/C14H26O.C12H22O/c1-12(2)7-5-8-13(3)9-6-10-14(4)11-15;1-2-3-4-5-6-7-8-9-10-11-12-13/h7,11,13-14H,5-6,8-10H2,1-4H3;9-10,12H,2-8,11H2,1H3/b;10-9+. The summed E-state index contributed by atoms with van der Waals surface area (Å²) in [5, 5.41) is 0. The Labute approximate surface area is 176 Å². The Morgan fingerprint density at radius 2 is 1.46 bits per heavy atom. The third-order valence-electron chi connectivity index (χ3n) is 4.92. The molecule has 0 saturated heterocycles. The topological polar surface area (TPSA) is 34.1 Å². The zero-order chi connectivity index (χ0) is 21.5. The average Bonchev–Trinajstić information content (AvgIpc) is 2.67. The van der Waals surface area contributed by atoms with E-state index in [0.717, 1.165) is 31.3 Å². The van der Waals surface area contributed by atoms with Crippen molar-refractivity contribution in [2.45, 2.75) is 118 Å². The first kappa shape index (κ1) is 29.0.